The highest BCUT2D eigenvalue weighted by Crippen LogP contribution is 2.27. The van der Waals surface area contributed by atoms with E-state index >= 15 is 0 Å². The van der Waals surface area contributed by atoms with Gasteiger partial charge in [-0.1, -0.05) is 37.8 Å². The lowest BCUT2D eigenvalue weighted by Gasteiger charge is -2.24. The first-order valence-corrected chi connectivity index (χ1v) is 9.84. The van der Waals surface area contributed by atoms with Crippen LogP contribution in [0.15, 0.2) is 30.2 Å². The van der Waals surface area contributed by atoms with Crippen molar-refractivity contribution in [3.8, 4) is 0 Å². The highest BCUT2D eigenvalue weighted by Gasteiger charge is 2.19. The summed E-state index contributed by atoms with van der Waals surface area (Å²) in [5.74, 6) is 1.82. The van der Waals surface area contributed by atoms with E-state index in [0.717, 1.165) is 18.5 Å². The van der Waals surface area contributed by atoms with Crippen molar-refractivity contribution in [1.82, 2.24) is 14.4 Å². The van der Waals surface area contributed by atoms with Gasteiger partial charge in [0.1, 0.15) is 5.82 Å². The maximum Gasteiger partial charge on any atom is 0.157 e. The molecule has 1 atom stereocenters. The summed E-state index contributed by atoms with van der Waals surface area (Å²) in [6.07, 6.45) is 18.1. The molecular weight excluding hydrogens is 308 g/mol. The Bertz CT molecular complexity index is 706. The summed E-state index contributed by atoms with van der Waals surface area (Å²) in [7, 11) is 0. The van der Waals surface area contributed by atoms with Crippen LogP contribution in [0.5, 0.6) is 0 Å². The van der Waals surface area contributed by atoms with Crippen LogP contribution < -0.4 is 5.32 Å². The van der Waals surface area contributed by atoms with E-state index in [0.29, 0.717) is 12.0 Å². The first-order valence-electron chi connectivity index (χ1n) is 9.84. The monoisotopic (exact) mass is 340 g/mol. The van der Waals surface area contributed by atoms with E-state index in [-0.39, 0.29) is 0 Å². The van der Waals surface area contributed by atoms with E-state index in [1.165, 1.54) is 55.6 Å². The molecular formula is C21H32N4. The van der Waals surface area contributed by atoms with Crippen LogP contribution in [-0.4, -0.2) is 20.4 Å². The van der Waals surface area contributed by atoms with E-state index in [1.54, 1.807) is 0 Å². The van der Waals surface area contributed by atoms with E-state index < -0.39 is 0 Å². The molecule has 1 saturated carbocycles. The number of allylic oxidation sites excluding steroid dienone is 2. The molecule has 0 unspecified atom stereocenters. The van der Waals surface area contributed by atoms with Crippen LogP contribution >= 0.6 is 0 Å². The molecule has 0 radical (unpaired) electrons. The Hall–Kier alpha value is -1.84. The molecule has 0 bridgehead atoms. The third-order valence-corrected chi connectivity index (χ3v) is 5.20. The van der Waals surface area contributed by atoms with Crippen LogP contribution in [-0.2, 0) is 6.42 Å². The number of aromatic nitrogens is 3. The van der Waals surface area contributed by atoms with E-state index in [9.17, 15) is 0 Å². The minimum Gasteiger partial charge on any atom is -0.367 e. The van der Waals surface area contributed by atoms with Crippen molar-refractivity contribution in [2.45, 2.75) is 78.2 Å². The van der Waals surface area contributed by atoms with E-state index in [2.05, 4.69) is 41.5 Å². The summed E-state index contributed by atoms with van der Waals surface area (Å²) in [6, 6.07) is 0.585. The largest absolute Gasteiger partial charge is 0.367 e. The predicted molar refractivity (Wildman–Crippen MR) is 105 cm³/mol. The first kappa shape index (κ1) is 18.0. The summed E-state index contributed by atoms with van der Waals surface area (Å²) in [5, 5.41) is 3.81. The Balaban J connectivity index is 1.76. The van der Waals surface area contributed by atoms with Gasteiger partial charge in [0.2, 0.25) is 0 Å². The Morgan fingerprint density at radius 1 is 1.32 bits per heavy atom. The zero-order valence-corrected chi connectivity index (χ0v) is 16.0. The highest BCUT2D eigenvalue weighted by atomic mass is 15.2. The van der Waals surface area contributed by atoms with Gasteiger partial charge >= 0.3 is 0 Å². The van der Waals surface area contributed by atoms with Crippen LogP contribution in [0.3, 0.4) is 0 Å². The standard InChI is InChI=1S/C21H32N4/c1-16(2)8-7-9-17(3)14-19-21(23-18-10-5-4-6-11-18)25-13-12-22-15-20(25)24-19/h8,12-13,15,17-18,23H,4-7,9-11,14H2,1-3H3/t17-/m0/s1. The van der Waals surface area contributed by atoms with Crippen molar-refractivity contribution in [3.05, 3.63) is 35.9 Å². The fourth-order valence-corrected chi connectivity index (χ4v) is 3.78. The molecule has 2 aromatic heterocycles. The van der Waals surface area contributed by atoms with Crippen LogP contribution in [0.1, 0.15) is 71.4 Å². The van der Waals surface area contributed by atoms with Crippen LogP contribution in [0, 0.1) is 5.92 Å². The van der Waals surface area contributed by atoms with Gasteiger partial charge in [-0.2, -0.15) is 0 Å². The number of imidazole rings is 1. The zero-order valence-electron chi connectivity index (χ0n) is 16.0. The third-order valence-electron chi connectivity index (χ3n) is 5.20. The van der Waals surface area contributed by atoms with Crippen molar-refractivity contribution in [2.24, 2.45) is 5.92 Å². The normalized spacial score (nSPS) is 16.8. The second-order valence-electron chi connectivity index (χ2n) is 7.86. The van der Waals surface area contributed by atoms with Crippen molar-refractivity contribution < 1.29 is 0 Å². The molecule has 2 heterocycles. The van der Waals surface area contributed by atoms with Crippen molar-refractivity contribution in [2.75, 3.05) is 5.32 Å². The summed E-state index contributed by atoms with van der Waals surface area (Å²) in [4.78, 5) is 9.13. The lowest BCUT2D eigenvalue weighted by atomic mass is 9.95. The maximum atomic E-state index is 4.88. The van der Waals surface area contributed by atoms with Gasteiger partial charge in [0.25, 0.3) is 0 Å². The average molecular weight is 341 g/mol. The molecule has 4 heteroatoms. The second-order valence-corrected chi connectivity index (χ2v) is 7.86. The quantitative estimate of drug-likeness (QED) is 0.686. The number of anilines is 1. The number of hydrogen-bond donors (Lipinski definition) is 1. The van der Waals surface area contributed by atoms with Crippen LogP contribution in [0.2, 0.25) is 0 Å². The third kappa shape index (κ3) is 4.83. The SMILES string of the molecule is CC(C)=CCC[C@H](C)Cc1nc2cnccn2c1NC1CCCCC1. The number of hydrogen-bond acceptors (Lipinski definition) is 3. The van der Waals surface area contributed by atoms with E-state index in [4.69, 9.17) is 4.98 Å². The number of fused-ring (bicyclic) bond motifs is 1. The summed E-state index contributed by atoms with van der Waals surface area (Å²) in [5.41, 5.74) is 3.56. The molecule has 1 N–H and O–H groups in total. The Morgan fingerprint density at radius 2 is 2.12 bits per heavy atom. The Morgan fingerprint density at radius 3 is 2.88 bits per heavy atom. The fourth-order valence-electron chi connectivity index (χ4n) is 3.78. The topological polar surface area (TPSA) is 42.2 Å². The van der Waals surface area contributed by atoms with Gasteiger partial charge in [0.15, 0.2) is 5.65 Å². The van der Waals surface area contributed by atoms with Gasteiger partial charge in [-0.3, -0.25) is 9.38 Å². The molecule has 1 fully saturated rings. The maximum absolute atomic E-state index is 4.88. The lowest BCUT2D eigenvalue weighted by molar-refractivity contribution is 0.460. The minimum absolute atomic E-state index is 0.585. The molecule has 0 saturated heterocycles. The zero-order chi connectivity index (χ0) is 17.6. The summed E-state index contributed by atoms with van der Waals surface area (Å²) in [6.45, 7) is 6.68. The van der Waals surface area contributed by atoms with Gasteiger partial charge < -0.3 is 5.32 Å². The van der Waals surface area contributed by atoms with Gasteiger partial charge in [0.05, 0.1) is 11.9 Å². The smallest absolute Gasteiger partial charge is 0.157 e. The highest BCUT2D eigenvalue weighted by molar-refractivity contribution is 5.54. The number of nitrogens with one attached hydrogen (secondary N) is 1. The summed E-state index contributed by atoms with van der Waals surface area (Å²) < 4.78 is 2.18. The number of nitrogens with zero attached hydrogens (tertiary/aromatic N) is 3. The van der Waals surface area contributed by atoms with Crippen molar-refractivity contribution >= 4 is 11.5 Å². The predicted octanol–water partition coefficient (Wildman–Crippen LogP) is 5.40. The molecule has 136 valence electrons. The molecule has 25 heavy (non-hydrogen) atoms. The molecule has 1 aliphatic carbocycles. The van der Waals surface area contributed by atoms with Crippen molar-refractivity contribution in [1.29, 1.82) is 0 Å². The lowest BCUT2D eigenvalue weighted by Crippen LogP contribution is -2.24. The number of rotatable bonds is 7. The Kier molecular flexibility index (Phi) is 6.11. The van der Waals surface area contributed by atoms with Gasteiger partial charge in [-0.15, -0.1) is 0 Å². The fraction of sp³-hybridized carbons (Fsp3) is 0.619. The summed E-state index contributed by atoms with van der Waals surface area (Å²) >= 11 is 0. The molecule has 0 amide bonds. The van der Waals surface area contributed by atoms with Gasteiger partial charge in [-0.05, 0) is 51.9 Å². The molecule has 4 nitrogen and oxygen atoms in total. The van der Waals surface area contributed by atoms with Gasteiger partial charge in [0, 0.05) is 18.4 Å². The average Bonchev–Trinajstić information content (AvgIpc) is 2.93. The molecule has 0 spiro atoms. The molecule has 0 aliphatic heterocycles. The second kappa shape index (κ2) is 8.50. The Labute approximate surface area is 151 Å². The molecule has 2 aromatic rings. The van der Waals surface area contributed by atoms with Crippen molar-refractivity contribution in [3.63, 3.8) is 0 Å². The molecule has 3 rings (SSSR count). The first-order chi connectivity index (χ1) is 12.1. The van der Waals surface area contributed by atoms with Crippen LogP contribution in [0.4, 0.5) is 5.82 Å². The van der Waals surface area contributed by atoms with Gasteiger partial charge in [-0.25, -0.2) is 4.98 Å². The molecule has 1 aliphatic rings. The minimum atomic E-state index is 0.585. The molecule has 0 aromatic carbocycles. The van der Waals surface area contributed by atoms with E-state index in [1.807, 2.05) is 18.6 Å². The van der Waals surface area contributed by atoms with Crippen LogP contribution in [0.25, 0.3) is 5.65 Å².